The summed E-state index contributed by atoms with van der Waals surface area (Å²) < 4.78 is 1.54. The Hall–Kier alpha value is -1.24. The normalized spacial score (nSPS) is 25.8. The summed E-state index contributed by atoms with van der Waals surface area (Å²) in [6.45, 7) is 2.22. The Kier molecular flexibility index (Phi) is 4.37. The van der Waals surface area contributed by atoms with E-state index in [0.29, 0.717) is 28.8 Å². The van der Waals surface area contributed by atoms with E-state index in [1.807, 2.05) is 0 Å². The second-order valence-corrected chi connectivity index (χ2v) is 7.15. The Balaban J connectivity index is 1.49. The van der Waals surface area contributed by atoms with Gasteiger partial charge in [-0.2, -0.15) is 0 Å². The number of carbonyl (C=O) groups is 1. The molecule has 0 aliphatic heterocycles. The zero-order valence-corrected chi connectivity index (χ0v) is 13.2. The van der Waals surface area contributed by atoms with Crippen LogP contribution < -0.4 is 11.2 Å². The molecule has 7 heteroatoms. The Morgan fingerprint density at radius 1 is 1.33 bits per heavy atom. The summed E-state index contributed by atoms with van der Waals surface area (Å²) in [5, 5.41) is 12.0. The first-order valence-electron chi connectivity index (χ1n) is 7.77. The molecule has 2 aliphatic rings. The highest BCUT2D eigenvalue weighted by atomic mass is 32.2. The molecule has 1 heterocycles. The van der Waals surface area contributed by atoms with Crippen LogP contribution in [-0.2, 0) is 4.79 Å². The Bertz CT molecular complexity index is 513. The van der Waals surface area contributed by atoms with Crippen LogP contribution in [0.2, 0.25) is 0 Å². The summed E-state index contributed by atoms with van der Waals surface area (Å²) in [5.41, 5.74) is 0. The quantitative estimate of drug-likeness (QED) is 0.638. The molecule has 0 spiro atoms. The van der Waals surface area contributed by atoms with Gasteiger partial charge < -0.3 is 11.2 Å². The van der Waals surface area contributed by atoms with Gasteiger partial charge in [-0.25, -0.2) is 4.68 Å². The van der Waals surface area contributed by atoms with E-state index in [1.54, 1.807) is 4.68 Å². The average Bonchev–Trinajstić information content (AvgIpc) is 3.24. The second-order valence-electron chi connectivity index (χ2n) is 6.21. The van der Waals surface area contributed by atoms with Gasteiger partial charge in [0.25, 0.3) is 0 Å². The van der Waals surface area contributed by atoms with Crippen molar-refractivity contribution < 1.29 is 4.79 Å². The van der Waals surface area contributed by atoms with Crippen molar-refractivity contribution in [2.45, 2.75) is 62.6 Å². The fraction of sp³-hybridized carbons (Fsp3) is 0.786. The third-order valence-electron chi connectivity index (χ3n) is 4.42. The van der Waals surface area contributed by atoms with E-state index >= 15 is 0 Å². The number of nitrogens with two attached hydrogens (primary N) is 1. The average molecular weight is 309 g/mol. The lowest BCUT2D eigenvalue weighted by atomic mass is 9.86. The Morgan fingerprint density at radius 2 is 2.10 bits per heavy atom. The molecule has 1 aromatic rings. The predicted octanol–water partition coefficient (Wildman–Crippen LogP) is 1.66. The van der Waals surface area contributed by atoms with Crippen molar-refractivity contribution in [2.75, 3.05) is 11.6 Å². The highest BCUT2D eigenvalue weighted by molar-refractivity contribution is 7.99. The molecule has 0 bridgehead atoms. The molecule has 2 saturated carbocycles. The molecule has 116 valence electrons. The molecule has 0 radical (unpaired) electrons. The minimum atomic E-state index is 0.0646. The highest BCUT2D eigenvalue weighted by Crippen LogP contribution is 2.39. The van der Waals surface area contributed by atoms with E-state index in [-0.39, 0.29) is 5.91 Å². The van der Waals surface area contributed by atoms with Crippen LogP contribution in [0.5, 0.6) is 0 Å². The number of hydrogen-bond donors (Lipinski definition) is 2. The van der Waals surface area contributed by atoms with Crippen molar-refractivity contribution in [3.8, 4) is 0 Å². The summed E-state index contributed by atoms with van der Waals surface area (Å²) in [4.78, 5) is 12.1. The Labute approximate surface area is 129 Å². The standard InChI is InChI=1S/C14H23N5OS/c1-9-4-2-3-5-11(9)16-12(20)8-21-14-18-17-13(19(14)15)10-6-7-10/h9-11H,2-8,15H2,1H3,(H,16,20). The third kappa shape index (κ3) is 3.51. The largest absolute Gasteiger partial charge is 0.352 e. The number of nitrogens with zero attached hydrogens (tertiary/aromatic N) is 3. The molecule has 0 aromatic carbocycles. The van der Waals surface area contributed by atoms with E-state index in [0.717, 1.165) is 25.1 Å². The summed E-state index contributed by atoms with van der Waals surface area (Å²) in [5.74, 6) is 8.28. The van der Waals surface area contributed by atoms with Crippen molar-refractivity contribution in [3.63, 3.8) is 0 Å². The highest BCUT2D eigenvalue weighted by Gasteiger charge is 2.30. The maximum Gasteiger partial charge on any atom is 0.230 e. The lowest BCUT2D eigenvalue weighted by molar-refractivity contribution is -0.119. The van der Waals surface area contributed by atoms with Gasteiger partial charge in [0, 0.05) is 12.0 Å². The molecule has 2 fully saturated rings. The van der Waals surface area contributed by atoms with Gasteiger partial charge in [-0.05, 0) is 31.6 Å². The van der Waals surface area contributed by atoms with Gasteiger partial charge in [0.1, 0.15) is 0 Å². The molecule has 0 saturated heterocycles. The van der Waals surface area contributed by atoms with Crippen LogP contribution in [-0.4, -0.2) is 32.6 Å². The van der Waals surface area contributed by atoms with Gasteiger partial charge in [-0.15, -0.1) is 10.2 Å². The second kappa shape index (κ2) is 6.25. The molecule has 2 aliphatic carbocycles. The topological polar surface area (TPSA) is 85.8 Å². The van der Waals surface area contributed by atoms with Crippen LogP contribution in [0, 0.1) is 5.92 Å². The molecule has 2 atom stereocenters. The molecule has 21 heavy (non-hydrogen) atoms. The maximum atomic E-state index is 12.1. The summed E-state index contributed by atoms with van der Waals surface area (Å²) in [6.07, 6.45) is 7.07. The molecule has 2 unspecified atom stereocenters. The lowest BCUT2D eigenvalue weighted by Crippen LogP contribution is -2.41. The van der Waals surface area contributed by atoms with Gasteiger partial charge in [-0.3, -0.25) is 4.79 Å². The van der Waals surface area contributed by atoms with Crippen molar-refractivity contribution >= 4 is 17.7 Å². The van der Waals surface area contributed by atoms with Crippen LogP contribution in [0.25, 0.3) is 0 Å². The van der Waals surface area contributed by atoms with Crippen LogP contribution >= 0.6 is 11.8 Å². The van der Waals surface area contributed by atoms with Gasteiger partial charge in [0.15, 0.2) is 5.82 Å². The monoisotopic (exact) mass is 309 g/mol. The number of nitrogens with one attached hydrogen (secondary N) is 1. The first-order valence-corrected chi connectivity index (χ1v) is 8.76. The molecule has 3 rings (SSSR count). The van der Waals surface area contributed by atoms with Crippen molar-refractivity contribution in [1.29, 1.82) is 0 Å². The zero-order chi connectivity index (χ0) is 14.8. The number of thioether (sulfide) groups is 1. The van der Waals surface area contributed by atoms with E-state index in [9.17, 15) is 4.79 Å². The molecule has 1 aromatic heterocycles. The van der Waals surface area contributed by atoms with Gasteiger partial charge in [-0.1, -0.05) is 31.5 Å². The fourth-order valence-corrected chi connectivity index (χ4v) is 3.59. The van der Waals surface area contributed by atoms with Crippen molar-refractivity contribution in [3.05, 3.63) is 5.82 Å². The van der Waals surface area contributed by atoms with Crippen molar-refractivity contribution in [2.24, 2.45) is 5.92 Å². The van der Waals surface area contributed by atoms with Crippen LogP contribution in [0.1, 0.15) is 57.2 Å². The van der Waals surface area contributed by atoms with Crippen LogP contribution in [0.3, 0.4) is 0 Å². The minimum absolute atomic E-state index is 0.0646. The van der Waals surface area contributed by atoms with Gasteiger partial charge >= 0.3 is 0 Å². The predicted molar refractivity (Wildman–Crippen MR) is 82.4 cm³/mol. The van der Waals surface area contributed by atoms with Crippen molar-refractivity contribution in [1.82, 2.24) is 20.2 Å². The van der Waals surface area contributed by atoms with Gasteiger partial charge in [0.2, 0.25) is 11.1 Å². The maximum absolute atomic E-state index is 12.1. The summed E-state index contributed by atoms with van der Waals surface area (Å²) >= 11 is 1.36. The Morgan fingerprint density at radius 3 is 2.81 bits per heavy atom. The number of aromatic nitrogens is 3. The summed E-state index contributed by atoms with van der Waals surface area (Å²) in [7, 11) is 0. The van der Waals surface area contributed by atoms with E-state index < -0.39 is 0 Å². The first-order chi connectivity index (χ1) is 10.1. The third-order valence-corrected chi connectivity index (χ3v) is 5.37. The SMILES string of the molecule is CC1CCCCC1NC(=O)CSc1nnc(C2CC2)n1N. The smallest absolute Gasteiger partial charge is 0.230 e. The zero-order valence-electron chi connectivity index (χ0n) is 12.4. The molecule has 3 N–H and O–H groups in total. The summed E-state index contributed by atoms with van der Waals surface area (Å²) in [6, 6.07) is 0.324. The minimum Gasteiger partial charge on any atom is -0.352 e. The molecular weight excluding hydrogens is 286 g/mol. The van der Waals surface area contributed by atoms with Gasteiger partial charge in [0.05, 0.1) is 5.75 Å². The number of rotatable bonds is 5. The number of nitrogen functional groups attached to an aromatic ring is 1. The number of hydrogen-bond acceptors (Lipinski definition) is 5. The van der Waals surface area contributed by atoms with Crippen LogP contribution in [0.4, 0.5) is 0 Å². The van der Waals surface area contributed by atoms with E-state index in [2.05, 4.69) is 22.4 Å². The first kappa shape index (κ1) is 14.7. The van der Waals surface area contributed by atoms with E-state index in [1.165, 1.54) is 31.0 Å². The molecular formula is C14H23N5OS. The molecule has 6 nitrogen and oxygen atoms in total. The number of amides is 1. The van der Waals surface area contributed by atoms with E-state index in [4.69, 9.17) is 5.84 Å². The fourth-order valence-electron chi connectivity index (χ4n) is 2.92. The van der Waals surface area contributed by atoms with Crippen LogP contribution in [0.15, 0.2) is 5.16 Å². The lowest BCUT2D eigenvalue weighted by Gasteiger charge is -2.29. The number of carbonyl (C=O) groups excluding carboxylic acids is 1. The molecule has 1 amide bonds.